The smallest absolute Gasteiger partial charge is 0.166 e. The number of carbonyl (C=O) groups excluding carboxylic acids is 2. The molecule has 0 bridgehead atoms. The van der Waals surface area contributed by atoms with Crippen LogP contribution in [0.3, 0.4) is 0 Å². The number of rotatable bonds is 1. The lowest BCUT2D eigenvalue weighted by atomic mass is 9.74. The zero-order valence-electron chi connectivity index (χ0n) is 8.52. The van der Waals surface area contributed by atoms with Gasteiger partial charge < -0.3 is 0 Å². The fourth-order valence-corrected chi connectivity index (χ4v) is 1.71. The second-order valence-corrected chi connectivity index (χ2v) is 4.39. The van der Waals surface area contributed by atoms with Gasteiger partial charge in [0.2, 0.25) is 0 Å². The molecule has 0 atom stereocenters. The average Bonchev–Trinajstić information content (AvgIpc) is 1.94. The summed E-state index contributed by atoms with van der Waals surface area (Å²) in [5.41, 5.74) is 0.293. The van der Waals surface area contributed by atoms with Crippen LogP contribution in [0.4, 0.5) is 0 Å². The van der Waals surface area contributed by atoms with Crippen molar-refractivity contribution in [2.75, 3.05) is 0 Å². The minimum absolute atomic E-state index is 0.0168. The van der Waals surface area contributed by atoms with Gasteiger partial charge in [-0.1, -0.05) is 26.8 Å². The van der Waals surface area contributed by atoms with E-state index in [0.717, 1.165) is 6.42 Å². The molecule has 1 aliphatic carbocycles. The molecule has 0 spiro atoms. The zero-order chi connectivity index (χ0) is 10.1. The van der Waals surface area contributed by atoms with Crippen molar-refractivity contribution in [3.8, 4) is 0 Å². The third-order valence-corrected chi connectivity index (χ3v) is 2.29. The van der Waals surface area contributed by atoms with Crippen LogP contribution < -0.4 is 0 Å². The molecule has 72 valence electrons. The lowest BCUT2D eigenvalue weighted by molar-refractivity contribution is -0.127. The number of hydrogen-bond donors (Lipinski definition) is 0. The molecule has 1 rings (SSSR count). The maximum absolute atomic E-state index is 11.5. The van der Waals surface area contributed by atoms with Crippen molar-refractivity contribution in [3.63, 3.8) is 0 Å². The van der Waals surface area contributed by atoms with E-state index in [1.165, 1.54) is 0 Å². The van der Waals surface area contributed by atoms with E-state index in [-0.39, 0.29) is 17.0 Å². The van der Waals surface area contributed by atoms with Crippen molar-refractivity contribution in [3.05, 3.63) is 11.6 Å². The quantitative estimate of drug-likeness (QED) is 0.458. The summed E-state index contributed by atoms with van der Waals surface area (Å²) in [6, 6.07) is 0. The molecule has 2 nitrogen and oxygen atoms in total. The Bertz CT molecular complexity index is 250. The highest BCUT2D eigenvalue weighted by Gasteiger charge is 2.34. The molecule has 0 N–H and O–H groups in total. The van der Waals surface area contributed by atoms with E-state index in [2.05, 4.69) is 0 Å². The van der Waals surface area contributed by atoms with Gasteiger partial charge in [0, 0.05) is 12.8 Å². The van der Waals surface area contributed by atoms with Crippen molar-refractivity contribution in [1.29, 1.82) is 0 Å². The summed E-state index contributed by atoms with van der Waals surface area (Å²) in [5, 5.41) is 0. The third kappa shape index (κ3) is 2.27. The predicted molar refractivity (Wildman–Crippen MR) is 51.4 cm³/mol. The van der Waals surface area contributed by atoms with Gasteiger partial charge in [0.05, 0.1) is 5.57 Å². The van der Waals surface area contributed by atoms with E-state index >= 15 is 0 Å². The normalized spacial score (nSPS) is 21.9. The minimum Gasteiger partial charge on any atom is -0.294 e. The van der Waals surface area contributed by atoms with Gasteiger partial charge in [0.1, 0.15) is 0 Å². The largest absolute Gasteiger partial charge is 0.294 e. The molecule has 2 heteroatoms. The molecule has 0 aliphatic heterocycles. The van der Waals surface area contributed by atoms with Crippen LogP contribution in [0.15, 0.2) is 11.6 Å². The molecule has 13 heavy (non-hydrogen) atoms. The fraction of sp³-hybridized carbons (Fsp3) is 0.636. The van der Waals surface area contributed by atoms with E-state index < -0.39 is 0 Å². The Morgan fingerprint density at radius 1 is 1.23 bits per heavy atom. The molecule has 0 aromatic heterocycles. The first-order chi connectivity index (χ1) is 5.96. The van der Waals surface area contributed by atoms with Crippen molar-refractivity contribution in [2.45, 2.75) is 40.0 Å². The molecule has 0 radical (unpaired) electrons. The molecule has 0 aromatic carbocycles. The van der Waals surface area contributed by atoms with Gasteiger partial charge in [-0.25, -0.2) is 0 Å². The van der Waals surface area contributed by atoms with Crippen LogP contribution in [0.1, 0.15) is 40.0 Å². The van der Waals surface area contributed by atoms with Crippen LogP contribution in [-0.4, -0.2) is 11.6 Å². The number of Topliss-reactive ketones (excluding diaryl/α,β-unsaturated/α-hetero) is 2. The summed E-state index contributed by atoms with van der Waals surface area (Å²) >= 11 is 0. The van der Waals surface area contributed by atoms with Crippen LogP contribution in [0.5, 0.6) is 0 Å². The molecule has 0 unspecified atom stereocenters. The van der Waals surface area contributed by atoms with E-state index in [9.17, 15) is 9.59 Å². The Morgan fingerprint density at radius 3 is 2.08 bits per heavy atom. The molecular weight excluding hydrogens is 164 g/mol. The summed E-state index contributed by atoms with van der Waals surface area (Å²) in [7, 11) is 0. The summed E-state index contributed by atoms with van der Waals surface area (Å²) in [6.45, 7) is 5.87. The molecule has 0 saturated heterocycles. The Labute approximate surface area is 79.0 Å². The maximum atomic E-state index is 11.5. The lowest BCUT2D eigenvalue weighted by Crippen LogP contribution is -2.31. The van der Waals surface area contributed by atoms with Gasteiger partial charge in [-0.3, -0.25) is 9.59 Å². The topological polar surface area (TPSA) is 34.1 Å². The number of allylic oxidation sites excluding steroid dienone is 2. The van der Waals surface area contributed by atoms with Crippen molar-refractivity contribution in [1.82, 2.24) is 0 Å². The van der Waals surface area contributed by atoms with E-state index in [1.54, 1.807) is 6.08 Å². The monoisotopic (exact) mass is 180 g/mol. The first kappa shape index (κ1) is 10.2. The van der Waals surface area contributed by atoms with Gasteiger partial charge in [-0.2, -0.15) is 0 Å². The van der Waals surface area contributed by atoms with Crippen LogP contribution >= 0.6 is 0 Å². The Kier molecular flexibility index (Phi) is 2.69. The predicted octanol–water partition coefficient (Wildman–Crippen LogP) is 2.28. The average molecular weight is 180 g/mol. The van der Waals surface area contributed by atoms with Crippen LogP contribution in [0.2, 0.25) is 0 Å². The summed E-state index contributed by atoms with van der Waals surface area (Å²) in [6.07, 6.45) is 3.52. The van der Waals surface area contributed by atoms with Gasteiger partial charge in [0.15, 0.2) is 11.6 Å². The molecule has 0 heterocycles. The maximum Gasteiger partial charge on any atom is 0.166 e. The minimum atomic E-state index is -0.140. The van der Waals surface area contributed by atoms with Gasteiger partial charge in [0.25, 0.3) is 0 Å². The lowest BCUT2D eigenvalue weighted by Gasteiger charge is -2.28. The van der Waals surface area contributed by atoms with Gasteiger partial charge >= 0.3 is 0 Å². The van der Waals surface area contributed by atoms with Crippen LogP contribution in [0.25, 0.3) is 0 Å². The van der Waals surface area contributed by atoms with Crippen LogP contribution in [0, 0.1) is 5.41 Å². The number of hydrogen-bond acceptors (Lipinski definition) is 2. The summed E-state index contributed by atoms with van der Waals surface area (Å²) in [4.78, 5) is 23.0. The van der Waals surface area contributed by atoms with E-state index in [1.807, 2.05) is 20.8 Å². The molecule has 0 amide bonds. The third-order valence-electron chi connectivity index (χ3n) is 2.29. The second kappa shape index (κ2) is 3.44. The second-order valence-electron chi connectivity index (χ2n) is 4.39. The van der Waals surface area contributed by atoms with Crippen LogP contribution in [-0.2, 0) is 9.59 Å². The van der Waals surface area contributed by atoms with Crippen molar-refractivity contribution < 1.29 is 9.59 Å². The van der Waals surface area contributed by atoms with Crippen molar-refractivity contribution >= 4 is 11.6 Å². The Hall–Kier alpha value is -0.920. The highest BCUT2D eigenvalue weighted by molar-refractivity contribution is 6.22. The molecule has 1 aliphatic rings. The summed E-state index contributed by atoms with van der Waals surface area (Å²) < 4.78 is 0. The van der Waals surface area contributed by atoms with E-state index in [0.29, 0.717) is 18.4 Å². The molecule has 0 aromatic rings. The summed E-state index contributed by atoms with van der Waals surface area (Å²) in [5.74, 6) is 0.0335. The Morgan fingerprint density at radius 2 is 1.69 bits per heavy atom. The number of carbonyl (C=O) groups is 2. The molecular formula is C11H16O2. The number of ketones is 2. The van der Waals surface area contributed by atoms with Crippen molar-refractivity contribution in [2.24, 2.45) is 5.41 Å². The first-order valence-electron chi connectivity index (χ1n) is 4.73. The Balaban J connectivity index is 2.89. The fourth-order valence-electron chi connectivity index (χ4n) is 1.71. The SMILES string of the molecule is CCC=C1C(=O)CC(C)(C)CC1=O. The highest BCUT2D eigenvalue weighted by Crippen LogP contribution is 2.33. The standard InChI is InChI=1S/C11H16O2/c1-4-5-8-9(12)6-11(2,3)7-10(8)13/h5H,4,6-7H2,1-3H3. The molecule has 1 saturated carbocycles. The van der Waals surface area contributed by atoms with Gasteiger partial charge in [-0.05, 0) is 11.8 Å². The van der Waals surface area contributed by atoms with Gasteiger partial charge in [-0.15, -0.1) is 0 Å². The highest BCUT2D eigenvalue weighted by atomic mass is 16.1. The zero-order valence-corrected chi connectivity index (χ0v) is 8.52. The first-order valence-corrected chi connectivity index (χ1v) is 4.73. The molecule has 1 fully saturated rings. The van der Waals surface area contributed by atoms with E-state index in [4.69, 9.17) is 0 Å².